The molecule has 0 bridgehead atoms. The molecule has 108 valence electrons. The van der Waals surface area contributed by atoms with Crippen LogP contribution in [0, 0.1) is 5.82 Å². The van der Waals surface area contributed by atoms with Crippen LogP contribution in [-0.2, 0) is 19.1 Å². The minimum absolute atomic E-state index is 0.0182. The Hall–Kier alpha value is -1.60. The summed E-state index contributed by atoms with van der Waals surface area (Å²) >= 11 is 9.04. The molecule has 5 nitrogen and oxygen atoms in total. The smallest absolute Gasteiger partial charge is 0.354 e. The third-order valence-electron chi connectivity index (χ3n) is 2.17. The van der Waals surface area contributed by atoms with E-state index in [9.17, 15) is 14.0 Å². The van der Waals surface area contributed by atoms with E-state index in [0.29, 0.717) is 4.47 Å². The van der Waals surface area contributed by atoms with Crippen LogP contribution < -0.4 is 5.32 Å². The Morgan fingerprint density at radius 2 is 2.00 bits per heavy atom. The van der Waals surface area contributed by atoms with Crippen LogP contribution in [0.5, 0.6) is 0 Å². The topological polar surface area (TPSA) is 64.6 Å². The lowest BCUT2D eigenvalue weighted by Gasteiger charge is -2.12. The van der Waals surface area contributed by atoms with Gasteiger partial charge in [0.1, 0.15) is 11.5 Å². The Morgan fingerprint density at radius 3 is 2.55 bits per heavy atom. The zero-order chi connectivity index (χ0) is 15.3. The fraction of sp³-hybridized carbons (Fsp3) is 0.167. The summed E-state index contributed by atoms with van der Waals surface area (Å²) < 4.78 is 23.0. The third kappa shape index (κ3) is 3.94. The summed E-state index contributed by atoms with van der Waals surface area (Å²) in [5.74, 6) is -2.37. The quantitative estimate of drug-likeness (QED) is 0.504. The van der Waals surface area contributed by atoms with Crippen molar-refractivity contribution in [1.29, 1.82) is 0 Å². The molecule has 1 rings (SSSR count). The van der Waals surface area contributed by atoms with Crippen LogP contribution in [0.4, 0.5) is 10.1 Å². The molecule has 0 amide bonds. The molecule has 1 aromatic rings. The third-order valence-corrected chi connectivity index (χ3v) is 3.45. The van der Waals surface area contributed by atoms with Gasteiger partial charge in [0.15, 0.2) is 0 Å². The average molecular weight is 367 g/mol. The van der Waals surface area contributed by atoms with Crippen molar-refractivity contribution in [2.75, 3.05) is 19.5 Å². The zero-order valence-electron chi connectivity index (χ0n) is 10.5. The second-order valence-corrected chi connectivity index (χ2v) is 4.65. The number of ether oxygens (including phenoxy) is 2. The maximum absolute atomic E-state index is 13.7. The van der Waals surface area contributed by atoms with Gasteiger partial charge >= 0.3 is 11.9 Å². The van der Waals surface area contributed by atoms with Gasteiger partial charge in [-0.3, -0.25) is 0 Å². The van der Waals surface area contributed by atoms with Crippen LogP contribution in [0.15, 0.2) is 28.4 Å². The van der Waals surface area contributed by atoms with Crippen molar-refractivity contribution in [2.45, 2.75) is 0 Å². The number of rotatable bonds is 4. The number of nitrogens with one attached hydrogen (secondary N) is 1. The lowest BCUT2D eigenvalue weighted by atomic mass is 10.2. The van der Waals surface area contributed by atoms with Crippen molar-refractivity contribution in [1.82, 2.24) is 0 Å². The van der Waals surface area contributed by atoms with Crippen LogP contribution in [0.2, 0.25) is 5.02 Å². The van der Waals surface area contributed by atoms with E-state index in [0.717, 1.165) is 26.4 Å². The van der Waals surface area contributed by atoms with E-state index in [1.54, 1.807) is 0 Å². The van der Waals surface area contributed by atoms with Gasteiger partial charge in [0, 0.05) is 4.47 Å². The number of benzene rings is 1. The number of carbonyl (C=O) groups is 2. The van der Waals surface area contributed by atoms with Crippen LogP contribution in [0.25, 0.3) is 0 Å². The summed E-state index contributed by atoms with van der Waals surface area (Å²) in [7, 11) is 2.26. The molecule has 0 atom stereocenters. The van der Waals surface area contributed by atoms with Gasteiger partial charge in [0.05, 0.1) is 31.0 Å². The number of anilines is 1. The van der Waals surface area contributed by atoms with Crippen LogP contribution in [0.3, 0.4) is 0 Å². The highest BCUT2D eigenvalue weighted by Gasteiger charge is 2.18. The average Bonchev–Trinajstić information content (AvgIpc) is 2.45. The van der Waals surface area contributed by atoms with E-state index in [1.165, 1.54) is 6.07 Å². The monoisotopic (exact) mass is 365 g/mol. The second kappa shape index (κ2) is 7.25. The van der Waals surface area contributed by atoms with Crippen LogP contribution in [-0.4, -0.2) is 26.2 Å². The lowest BCUT2D eigenvalue weighted by molar-refractivity contribution is -0.138. The van der Waals surface area contributed by atoms with Gasteiger partial charge < -0.3 is 14.8 Å². The standard InChI is InChI=1S/C12H10BrClFNO4/c1-19-9(17)5-8(12(18)20-2)16-11-7(15)4-3-6(13)10(11)14/h3-5,16H,1-2H3/b8-5+. The molecule has 0 radical (unpaired) electrons. The molecular formula is C12H10BrClFNO4. The number of hydrogen-bond acceptors (Lipinski definition) is 5. The highest BCUT2D eigenvalue weighted by atomic mass is 79.9. The highest BCUT2D eigenvalue weighted by Crippen LogP contribution is 2.33. The summed E-state index contributed by atoms with van der Waals surface area (Å²) in [5, 5.41) is 2.44. The first-order chi connectivity index (χ1) is 9.40. The van der Waals surface area contributed by atoms with Crippen molar-refractivity contribution >= 4 is 45.2 Å². The number of methoxy groups -OCH3 is 2. The van der Waals surface area contributed by atoms with Gasteiger partial charge in [-0.15, -0.1) is 0 Å². The fourth-order valence-corrected chi connectivity index (χ4v) is 1.74. The van der Waals surface area contributed by atoms with Gasteiger partial charge in [-0.1, -0.05) is 11.6 Å². The first-order valence-electron chi connectivity index (χ1n) is 5.19. The number of halogens is 3. The van der Waals surface area contributed by atoms with Crippen LogP contribution in [0.1, 0.15) is 0 Å². The fourth-order valence-electron chi connectivity index (χ4n) is 1.21. The minimum Gasteiger partial charge on any atom is -0.466 e. The van der Waals surface area contributed by atoms with Crippen molar-refractivity contribution in [2.24, 2.45) is 0 Å². The molecule has 0 saturated carbocycles. The van der Waals surface area contributed by atoms with E-state index < -0.39 is 17.8 Å². The summed E-state index contributed by atoms with van der Waals surface area (Å²) in [6.07, 6.45) is 0.836. The minimum atomic E-state index is -0.870. The molecule has 0 aliphatic carbocycles. The molecule has 0 unspecified atom stereocenters. The molecule has 0 fully saturated rings. The number of hydrogen-bond donors (Lipinski definition) is 1. The summed E-state index contributed by atoms with van der Waals surface area (Å²) in [6.45, 7) is 0. The number of carbonyl (C=O) groups excluding carboxylic acids is 2. The van der Waals surface area contributed by atoms with Gasteiger partial charge in [-0.05, 0) is 28.1 Å². The maximum Gasteiger partial charge on any atom is 0.354 e. The molecule has 8 heteroatoms. The van der Waals surface area contributed by atoms with E-state index in [4.69, 9.17) is 11.6 Å². The Morgan fingerprint density at radius 1 is 1.35 bits per heavy atom. The van der Waals surface area contributed by atoms with Gasteiger partial charge in [-0.25, -0.2) is 14.0 Å². The van der Waals surface area contributed by atoms with Gasteiger partial charge in [-0.2, -0.15) is 0 Å². The predicted octanol–water partition coefficient (Wildman–Crippen LogP) is 2.88. The molecular weight excluding hydrogens is 356 g/mol. The maximum atomic E-state index is 13.7. The molecule has 1 N–H and O–H groups in total. The molecule has 0 saturated heterocycles. The zero-order valence-corrected chi connectivity index (χ0v) is 12.8. The van der Waals surface area contributed by atoms with E-state index in [1.807, 2.05) is 0 Å². The summed E-state index contributed by atoms with van der Waals surface area (Å²) in [4.78, 5) is 22.7. The lowest BCUT2D eigenvalue weighted by Crippen LogP contribution is -2.16. The van der Waals surface area contributed by atoms with E-state index in [2.05, 4.69) is 30.7 Å². The molecule has 0 heterocycles. The van der Waals surface area contributed by atoms with E-state index in [-0.39, 0.29) is 16.4 Å². The largest absolute Gasteiger partial charge is 0.466 e. The molecule has 1 aromatic carbocycles. The Kier molecular flexibility index (Phi) is 5.97. The SMILES string of the molecule is COC(=O)/C=C(/Nc1c(F)ccc(Br)c1Cl)C(=O)OC. The van der Waals surface area contributed by atoms with Crippen molar-refractivity contribution in [3.63, 3.8) is 0 Å². The molecule has 0 aliphatic heterocycles. The Labute approximate surface area is 127 Å². The Balaban J connectivity index is 3.21. The molecule has 0 spiro atoms. The second-order valence-electron chi connectivity index (χ2n) is 3.42. The van der Waals surface area contributed by atoms with E-state index >= 15 is 0 Å². The number of esters is 2. The van der Waals surface area contributed by atoms with Crippen LogP contribution >= 0.6 is 27.5 Å². The summed E-state index contributed by atoms with van der Waals surface area (Å²) in [6, 6.07) is 2.55. The van der Waals surface area contributed by atoms with Crippen molar-refractivity contribution in [3.8, 4) is 0 Å². The molecule has 20 heavy (non-hydrogen) atoms. The van der Waals surface area contributed by atoms with Crippen molar-refractivity contribution < 1.29 is 23.5 Å². The normalized spacial score (nSPS) is 10.9. The molecule has 0 aromatic heterocycles. The highest BCUT2D eigenvalue weighted by molar-refractivity contribution is 9.10. The van der Waals surface area contributed by atoms with Crippen molar-refractivity contribution in [3.05, 3.63) is 39.2 Å². The first-order valence-corrected chi connectivity index (χ1v) is 6.36. The Bertz CT molecular complexity index is 577. The molecule has 0 aliphatic rings. The first kappa shape index (κ1) is 16.5. The van der Waals surface area contributed by atoms with Gasteiger partial charge in [0.25, 0.3) is 0 Å². The summed E-state index contributed by atoms with van der Waals surface area (Å²) in [5.41, 5.74) is -0.472. The van der Waals surface area contributed by atoms with Gasteiger partial charge in [0.2, 0.25) is 0 Å². The predicted molar refractivity (Wildman–Crippen MR) is 74.8 cm³/mol.